The number of aromatic amines is 1. The summed E-state index contributed by atoms with van der Waals surface area (Å²) in [6.07, 6.45) is 6.23. The summed E-state index contributed by atoms with van der Waals surface area (Å²) in [7, 11) is 0. The molecule has 1 atom stereocenters. The van der Waals surface area contributed by atoms with E-state index in [2.05, 4.69) is 20.8 Å². The molecule has 27 heavy (non-hydrogen) atoms. The third kappa shape index (κ3) is 5.19. The van der Waals surface area contributed by atoms with Crippen molar-refractivity contribution in [2.24, 2.45) is 5.92 Å². The van der Waals surface area contributed by atoms with Crippen LogP contribution in [0.25, 0.3) is 0 Å². The predicted molar refractivity (Wildman–Crippen MR) is 107 cm³/mol. The van der Waals surface area contributed by atoms with Crippen LogP contribution in [0.4, 0.5) is 0 Å². The molecule has 0 bridgehead atoms. The molecule has 0 aliphatic heterocycles. The van der Waals surface area contributed by atoms with Gasteiger partial charge in [-0.15, -0.1) is 11.3 Å². The van der Waals surface area contributed by atoms with Crippen LogP contribution in [0.1, 0.15) is 66.2 Å². The molecule has 3 N–H and O–H groups in total. The second-order valence-corrected chi connectivity index (χ2v) is 8.49. The lowest BCUT2D eigenvalue weighted by atomic mass is 10.0. The van der Waals surface area contributed by atoms with Gasteiger partial charge in [0.15, 0.2) is 0 Å². The van der Waals surface area contributed by atoms with Gasteiger partial charge >= 0.3 is 0 Å². The van der Waals surface area contributed by atoms with E-state index in [0.717, 1.165) is 18.5 Å². The molecule has 0 aromatic carbocycles. The zero-order chi connectivity index (χ0) is 19.2. The van der Waals surface area contributed by atoms with Crippen molar-refractivity contribution in [3.05, 3.63) is 39.3 Å². The number of nitrogens with one attached hydrogen (secondary N) is 3. The molecule has 2 amide bonds. The monoisotopic (exact) mass is 388 g/mol. The Morgan fingerprint density at radius 1 is 1.26 bits per heavy atom. The lowest BCUT2D eigenvalue weighted by molar-refractivity contribution is -0.123. The summed E-state index contributed by atoms with van der Waals surface area (Å²) >= 11 is 1.37. The van der Waals surface area contributed by atoms with E-state index in [1.54, 1.807) is 6.07 Å². The van der Waals surface area contributed by atoms with E-state index in [1.165, 1.54) is 41.9 Å². The lowest BCUT2D eigenvalue weighted by Gasteiger charge is -2.20. The molecule has 0 unspecified atom stereocenters. The van der Waals surface area contributed by atoms with E-state index >= 15 is 0 Å². The van der Waals surface area contributed by atoms with Gasteiger partial charge in [0.1, 0.15) is 6.04 Å². The molecule has 0 saturated carbocycles. The van der Waals surface area contributed by atoms with Gasteiger partial charge in [0.05, 0.1) is 17.1 Å². The minimum atomic E-state index is -0.544. The van der Waals surface area contributed by atoms with Gasteiger partial charge in [-0.3, -0.25) is 14.7 Å². The highest BCUT2D eigenvalue weighted by atomic mass is 32.1. The Morgan fingerprint density at radius 3 is 2.81 bits per heavy atom. The first kappa shape index (κ1) is 19.6. The Hall–Kier alpha value is -2.15. The third-order valence-electron chi connectivity index (χ3n) is 4.90. The molecule has 2 aromatic rings. The van der Waals surface area contributed by atoms with Crippen molar-refractivity contribution in [3.8, 4) is 0 Å². The SMILES string of the molecule is CC(C)C[C@H](NC(=O)c1cccs1)C(=O)NCc1n[nH]c2c1CCCCC2. The van der Waals surface area contributed by atoms with Crippen LogP contribution >= 0.6 is 11.3 Å². The van der Waals surface area contributed by atoms with Crippen LogP contribution < -0.4 is 10.6 Å². The minimum absolute atomic E-state index is 0.154. The average molecular weight is 389 g/mol. The van der Waals surface area contributed by atoms with Gasteiger partial charge in [0, 0.05) is 5.69 Å². The van der Waals surface area contributed by atoms with E-state index in [-0.39, 0.29) is 11.8 Å². The smallest absolute Gasteiger partial charge is 0.261 e. The van der Waals surface area contributed by atoms with Gasteiger partial charge in [-0.1, -0.05) is 26.3 Å². The molecule has 146 valence electrons. The van der Waals surface area contributed by atoms with Crippen molar-refractivity contribution in [2.75, 3.05) is 0 Å². The van der Waals surface area contributed by atoms with Gasteiger partial charge in [0.2, 0.25) is 5.91 Å². The van der Waals surface area contributed by atoms with Crippen molar-refractivity contribution in [1.82, 2.24) is 20.8 Å². The molecule has 0 radical (unpaired) electrons. The summed E-state index contributed by atoms with van der Waals surface area (Å²) in [6.45, 7) is 4.49. The second kappa shape index (κ2) is 9.17. The second-order valence-electron chi connectivity index (χ2n) is 7.54. The van der Waals surface area contributed by atoms with Crippen LogP contribution in [0.15, 0.2) is 17.5 Å². The van der Waals surface area contributed by atoms with Gasteiger partial charge in [-0.2, -0.15) is 5.10 Å². The van der Waals surface area contributed by atoms with Crippen LogP contribution in [0.2, 0.25) is 0 Å². The quantitative estimate of drug-likeness (QED) is 0.637. The highest BCUT2D eigenvalue weighted by molar-refractivity contribution is 7.12. The number of nitrogens with zero attached hydrogens (tertiary/aromatic N) is 1. The van der Waals surface area contributed by atoms with Crippen molar-refractivity contribution in [3.63, 3.8) is 0 Å². The molecule has 2 aromatic heterocycles. The normalized spacial score (nSPS) is 15.1. The van der Waals surface area contributed by atoms with Gasteiger partial charge in [-0.05, 0) is 55.0 Å². The first-order valence-electron chi connectivity index (χ1n) is 9.71. The Balaban J connectivity index is 1.62. The summed E-state index contributed by atoms with van der Waals surface area (Å²) in [4.78, 5) is 25.7. The number of carbonyl (C=O) groups excluding carboxylic acids is 2. The van der Waals surface area contributed by atoms with Crippen molar-refractivity contribution < 1.29 is 9.59 Å². The molecule has 3 rings (SSSR count). The van der Waals surface area contributed by atoms with E-state index in [1.807, 2.05) is 25.3 Å². The van der Waals surface area contributed by atoms with E-state index in [9.17, 15) is 9.59 Å². The first-order valence-corrected chi connectivity index (χ1v) is 10.6. The van der Waals surface area contributed by atoms with Crippen molar-refractivity contribution >= 4 is 23.2 Å². The number of hydrogen-bond acceptors (Lipinski definition) is 4. The maximum absolute atomic E-state index is 12.8. The number of fused-ring (bicyclic) bond motifs is 1. The number of carbonyl (C=O) groups is 2. The predicted octanol–water partition coefficient (Wildman–Crippen LogP) is 3.20. The highest BCUT2D eigenvalue weighted by Crippen LogP contribution is 2.21. The Bertz CT molecular complexity index is 767. The number of rotatable bonds is 7. The molecule has 1 aliphatic rings. The van der Waals surface area contributed by atoms with Crippen molar-refractivity contribution in [1.29, 1.82) is 0 Å². The summed E-state index contributed by atoms with van der Waals surface area (Å²) in [5.41, 5.74) is 3.39. The number of thiophene rings is 1. The minimum Gasteiger partial charge on any atom is -0.349 e. The Morgan fingerprint density at radius 2 is 2.07 bits per heavy atom. The van der Waals surface area contributed by atoms with E-state index in [0.29, 0.717) is 23.8 Å². The summed E-state index contributed by atoms with van der Waals surface area (Å²) in [5.74, 6) is -0.0514. The zero-order valence-electron chi connectivity index (χ0n) is 16.0. The summed E-state index contributed by atoms with van der Waals surface area (Å²) in [6, 6.07) is 3.06. The Labute approximate surface area is 164 Å². The maximum Gasteiger partial charge on any atom is 0.261 e. The topological polar surface area (TPSA) is 86.9 Å². The number of aromatic nitrogens is 2. The van der Waals surface area contributed by atoms with Gasteiger partial charge in [0.25, 0.3) is 5.91 Å². The molecule has 0 spiro atoms. The summed E-state index contributed by atoms with van der Waals surface area (Å²) < 4.78 is 0. The maximum atomic E-state index is 12.8. The van der Waals surface area contributed by atoms with E-state index < -0.39 is 6.04 Å². The fraction of sp³-hybridized carbons (Fsp3) is 0.550. The average Bonchev–Trinajstić information content (AvgIpc) is 3.24. The molecule has 1 aliphatic carbocycles. The van der Waals surface area contributed by atoms with Crippen LogP contribution in [0.5, 0.6) is 0 Å². The molecular weight excluding hydrogens is 360 g/mol. The number of H-pyrrole nitrogens is 1. The Kier molecular flexibility index (Phi) is 6.66. The molecule has 7 heteroatoms. The standard InChI is InChI=1S/C20H28N4O2S/c1-13(2)11-16(22-20(26)18-9-6-10-27-18)19(25)21-12-17-14-7-4-3-5-8-15(14)23-24-17/h6,9-10,13,16H,3-5,7-8,11-12H2,1-2H3,(H,21,25)(H,22,26)(H,23,24)/t16-/m0/s1. The largest absolute Gasteiger partial charge is 0.349 e. The van der Waals surface area contributed by atoms with Crippen LogP contribution in [-0.2, 0) is 24.2 Å². The fourth-order valence-electron chi connectivity index (χ4n) is 3.51. The first-order chi connectivity index (χ1) is 13.0. The number of hydrogen-bond donors (Lipinski definition) is 3. The van der Waals surface area contributed by atoms with Gasteiger partial charge in [-0.25, -0.2) is 0 Å². The van der Waals surface area contributed by atoms with Crippen LogP contribution in [0.3, 0.4) is 0 Å². The van der Waals surface area contributed by atoms with Crippen LogP contribution in [-0.4, -0.2) is 28.1 Å². The zero-order valence-corrected chi connectivity index (χ0v) is 16.8. The fourth-order valence-corrected chi connectivity index (χ4v) is 4.13. The lowest BCUT2D eigenvalue weighted by Crippen LogP contribution is -2.47. The molecular formula is C20H28N4O2S. The third-order valence-corrected chi connectivity index (χ3v) is 5.76. The highest BCUT2D eigenvalue weighted by Gasteiger charge is 2.24. The molecule has 0 fully saturated rings. The van der Waals surface area contributed by atoms with Gasteiger partial charge < -0.3 is 10.6 Å². The van der Waals surface area contributed by atoms with E-state index in [4.69, 9.17) is 0 Å². The molecule has 6 nitrogen and oxygen atoms in total. The van der Waals surface area contributed by atoms with Crippen LogP contribution in [0, 0.1) is 5.92 Å². The molecule has 0 saturated heterocycles. The number of aryl methyl sites for hydroxylation is 1. The van der Waals surface area contributed by atoms with Crippen molar-refractivity contribution in [2.45, 2.75) is 65.0 Å². The summed E-state index contributed by atoms with van der Waals surface area (Å²) in [5, 5.41) is 15.3. The number of amides is 2. The molecule has 2 heterocycles.